The minimum Gasteiger partial charge on any atom is -0.341 e. The molecule has 2 aromatic rings. The van der Waals surface area contributed by atoms with E-state index in [0.29, 0.717) is 12.1 Å². The zero-order valence-electron chi connectivity index (χ0n) is 15.4. The molecule has 1 unspecified atom stereocenters. The molecule has 27 heavy (non-hydrogen) atoms. The van der Waals surface area contributed by atoms with Crippen LogP contribution in [0, 0.1) is 0 Å². The van der Waals surface area contributed by atoms with Crippen molar-refractivity contribution in [1.82, 2.24) is 15.2 Å². The van der Waals surface area contributed by atoms with Crippen LogP contribution in [-0.4, -0.2) is 46.4 Å². The summed E-state index contributed by atoms with van der Waals surface area (Å²) in [6.45, 7) is 3.58. The van der Waals surface area contributed by atoms with Crippen molar-refractivity contribution in [2.24, 2.45) is 0 Å². The minimum absolute atomic E-state index is 0.118. The van der Waals surface area contributed by atoms with Gasteiger partial charge in [0, 0.05) is 42.7 Å². The largest absolute Gasteiger partial charge is 0.341 e. The maximum absolute atomic E-state index is 12.3. The van der Waals surface area contributed by atoms with E-state index in [-0.39, 0.29) is 18.0 Å². The minimum atomic E-state index is -0.269. The molecule has 1 aliphatic heterocycles. The normalized spacial score (nSPS) is 15.1. The van der Waals surface area contributed by atoms with Gasteiger partial charge in [-0.1, -0.05) is 12.1 Å². The van der Waals surface area contributed by atoms with Gasteiger partial charge in [0.25, 0.3) is 0 Å². The summed E-state index contributed by atoms with van der Waals surface area (Å²) in [5, 5.41) is 5.72. The summed E-state index contributed by atoms with van der Waals surface area (Å²) in [5.74, 6) is 2.20. The molecule has 1 atom stereocenters. The fraction of sp³-hybridized carbons (Fsp3) is 0.350. The monoisotopic (exact) mass is 384 g/mol. The SMILES string of the molecule is CC(NC(=O)Nc1ccc(CC(=O)N2CCSCC2)cc1)c1ccncc1. The van der Waals surface area contributed by atoms with Gasteiger partial charge in [0.2, 0.25) is 5.91 Å². The highest BCUT2D eigenvalue weighted by molar-refractivity contribution is 7.99. The zero-order valence-corrected chi connectivity index (χ0v) is 16.2. The highest BCUT2D eigenvalue weighted by atomic mass is 32.2. The number of carbonyl (C=O) groups is 2. The van der Waals surface area contributed by atoms with Crippen LogP contribution in [0.15, 0.2) is 48.8 Å². The zero-order chi connectivity index (χ0) is 19.1. The van der Waals surface area contributed by atoms with Crippen LogP contribution >= 0.6 is 11.8 Å². The van der Waals surface area contributed by atoms with Crippen LogP contribution in [0.2, 0.25) is 0 Å². The smallest absolute Gasteiger partial charge is 0.319 e. The lowest BCUT2D eigenvalue weighted by molar-refractivity contribution is -0.130. The lowest BCUT2D eigenvalue weighted by atomic mass is 10.1. The molecule has 0 bridgehead atoms. The number of thioether (sulfide) groups is 1. The van der Waals surface area contributed by atoms with Crippen LogP contribution in [0.25, 0.3) is 0 Å². The second kappa shape index (κ2) is 9.41. The number of anilines is 1. The Kier molecular flexibility index (Phi) is 6.70. The Morgan fingerprint density at radius 3 is 2.44 bits per heavy atom. The number of urea groups is 1. The maximum atomic E-state index is 12.3. The number of hydrogen-bond donors (Lipinski definition) is 2. The van der Waals surface area contributed by atoms with Crippen LogP contribution in [0.1, 0.15) is 24.1 Å². The first kappa shape index (κ1) is 19.2. The quantitative estimate of drug-likeness (QED) is 0.831. The molecule has 0 spiro atoms. The van der Waals surface area contributed by atoms with E-state index in [0.717, 1.165) is 35.7 Å². The van der Waals surface area contributed by atoms with E-state index < -0.39 is 0 Å². The molecule has 7 heteroatoms. The topological polar surface area (TPSA) is 74.3 Å². The molecule has 1 fully saturated rings. The van der Waals surface area contributed by atoms with Crippen molar-refractivity contribution in [2.45, 2.75) is 19.4 Å². The number of hydrogen-bond acceptors (Lipinski definition) is 4. The number of rotatable bonds is 5. The fourth-order valence-electron chi connectivity index (χ4n) is 2.90. The Morgan fingerprint density at radius 2 is 1.78 bits per heavy atom. The maximum Gasteiger partial charge on any atom is 0.319 e. The molecular formula is C20H24N4O2S. The lowest BCUT2D eigenvalue weighted by Gasteiger charge is -2.26. The molecule has 0 saturated carbocycles. The second-order valence-electron chi connectivity index (χ2n) is 6.47. The first-order valence-corrected chi connectivity index (χ1v) is 10.2. The first-order chi connectivity index (χ1) is 13.1. The van der Waals surface area contributed by atoms with E-state index >= 15 is 0 Å². The van der Waals surface area contributed by atoms with Gasteiger partial charge in [-0.15, -0.1) is 0 Å². The van der Waals surface area contributed by atoms with Gasteiger partial charge in [-0.2, -0.15) is 11.8 Å². The number of nitrogens with one attached hydrogen (secondary N) is 2. The summed E-state index contributed by atoms with van der Waals surface area (Å²) in [6.07, 6.45) is 3.80. The number of amides is 3. The molecule has 3 rings (SSSR count). The third kappa shape index (κ3) is 5.72. The third-order valence-electron chi connectivity index (χ3n) is 4.48. The first-order valence-electron chi connectivity index (χ1n) is 9.04. The molecule has 0 aliphatic carbocycles. The highest BCUT2D eigenvalue weighted by Gasteiger charge is 2.17. The lowest BCUT2D eigenvalue weighted by Crippen LogP contribution is -2.38. The standard InChI is InChI=1S/C20H24N4O2S/c1-15(17-6-8-21-9-7-17)22-20(26)23-18-4-2-16(3-5-18)14-19(25)24-10-12-27-13-11-24/h2-9,15H,10-14H2,1H3,(H2,22,23,26). The van der Waals surface area contributed by atoms with Crippen molar-refractivity contribution in [3.63, 3.8) is 0 Å². The molecule has 6 nitrogen and oxygen atoms in total. The van der Waals surface area contributed by atoms with Crippen LogP contribution in [0.5, 0.6) is 0 Å². The predicted molar refractivity (Wildman–Crippen MR) is 109 cm³/mol. The number of pyridine rings is 1. The average Bonchev–Trinajstić information content (AvgIpc) is 2.70. The molecule has 1 saturated heterocycles. The fourth-order valence-corrected chi connectivity index (χ4v) is 3.81. The van der Waals surface area contributed by atoms with Crippen molar-refractivity contribution in [2.75, 3.05) is 29.9 Å². The summed E-state index contributed by atoms with van der Waals surface area (Å²) in [6, 6.07) is 10.8. The van der Waals surface area contributed by atoms with E-state index in [4.69, 9.17) is 0 Å². The van der Waals surface area contributed by atoms with E-state index in [1.807, 2.05) is 60.0 Å². The number of nitrogens with zero attached hydrogens (tertiary/aromatic N) is 2. The van der Waals surface area contributed by atoms with E-state index in [2.05, 4.69) is 15.6 Å². The number of carbonyl (C=O) groups excluding carboxylic acids is 2. The molecule has 1 aromatic heterocycles. The Labute approximate surface area is 163 Å². The summed E-state index contributed by atoms with van der Waals surface area (Å²) >= 11 is 1.89. The van der Waals surface area contributed by atoms with Gasteiger partial charge in [0.15, 0.2) is 0 Å². The van der Waals surface area contributed by atoms with Crippen LogP contribution in [0.4, 0.5) is 10.5 Å². The van der Waals surface area contributed by atoms with Crippen molar-refractivity contribution < 1.29 is 9.59 Å². The van der Waals surface area contributed by atoms with Gasteiger partial charge in [-0.3, -0.25) is 9.78 Å². The summed E-state index contributed by atoms with van der Waals surface area (Å²) < 4.78 is 0. The van der Waals surface area contributed by atoms with E-state index in [1.54, 1.807) is 12.4 Å². The molecule has 3 amide bonds. The van der Waals surface area contributed by atoms with Gasteiger partial charge in [-0.25, -0.2) is 4.79 Å². The van der Waals surface area contributed by atoms with Crippen LogP contribution in [0.3, 0.4) is 0 Å². The van der Waals surface area contributed by atoms with Crippen molar-refractivity contribution in [1.29, 1.82) is 0 Å². The third-order valence-corrected chi connectivity index (χ3v) is 5.43. The van der Waals surface area contributed by atoms with Crippen molar-refractivity contribution >= 4 is 29.4 Å². The predicted octanol–water partition coefficient (Wildman–Crippen LogP) is 3.08. The van der Waals surface area contributed by atoms with Gasteiger partial charge in [-0.05, 0) is 42.3 Å². The molecule has 1 aliphatic rings. The van der Waals surface area contributed by atoms with Gasteiger partial charge < -0.3 is 15.5 Å². The molecule has 2 heterocycles. The summed E-state index contributed by atoms with van der Waals surface area (Å²) in [5.41, 5.74) is 2.64. The van der Waals surface area contributed by atoms with Crippen molar-refractivity contribution in [3.8, 4) is 0 Å². The number of aromatic nitrogens is 1. The van der Waals surface area contributed by atoms with Gasteiger partial charge >= 0.3 is 6.03 Å². The summed E-state index contributed by atoms with van der Waals surface area (Å²) in [4.78, 5) is 30.4. The Hall–Kier alpha value is -2.54. The average molecular weight is 385 g/mol. The molecule has 142 valence electrons. The van der Waals surface area contributed by atoms with E-state index in [9.17, 15) is 9.59 Å². The van der Waals surface area contributed by atoms with Gasteiger partial charge in [0.1, 0.15) is 0 Å². The van der Waals surface area contributed by atoms with Gasteiger partial charge in [0.05, 0.1) is 12.5 Å². The Morgan fingerprint density at radius 1 is 1.11 bits per heavy atom. The molecule has 0 radical (unpaired) electrons. The van der Waals surface area contributed by atoms with Crippen molar-refractivity contribution in [3.05, 3.63) is 59.9 Å². The Balaban J connectivity index is 1.49. The van der Waals surface area contributed by atoms with Crippen LogP contribution in [-0.2, 0) is 11.2 Å². The highest BCUT2D eigenvalue weighted by Crippen LogP contribution is 2.15. The molecule has 2 N–H and O–H groups in total. The summed E-state index contributed by atoms with van der Waals surface area (Å²) in [7, 11) is 0. The van der Waals surface area contributed by atoms with Crippen LogP contribution < -0.4 is 10.6 Å². The molecule has 1 aromatic carbocycles. The Bertz CT molecular complexity index is 761. The number of benzene rings is 1. The second-order valence-corrected chi connectivity index (χ2v) is 7.69. The van der Waals surface area contributed by atoms with E-state index in [1.165, 1.54) is 0 Å². The molecular weight excluding hydrogens is 360 g/mol.